The van der Waals surface area contributed by atoms with Crippen molar-refractivity contribution in [3.63, 3.8) is 0 Å². The molecular formula is C28H34ClFN4O3. The molecule has 0 spiro atoms. The highest BCUT2D eigenvalue weighted by molar-refractivity contribution is 6.32. The lowest BCUT2D eigenvalue weighted by atomic mass is 9.73. The predicted molar refractivity (Wildman–Crippen MR) is 142 cm³/mol. The summed E-state index contributed by atoms with van der Waals surface area (Å²) in [6.07, 6.45) is 8.40. The summed E-state index contributed by atoms with van der Waals surface area (Å²) in [6, 6.07) is 9.36. The predicted octanol–water partition coefficient (Wildman–Crippen LogP) is 5.69. The van der Waals surface area contributed by atoms with Crippen LogP contribution in [0.25, 0.3) is 10.9 Å². The lowest BCUT2D eigenvalue weighted by Gasteiger charge is -2.40. The van der Waals surface area contributed by atoms with E-state index in [1.165, 1.54) is 11.8 Å². The van der Waals surface area contributed by atoms with Gasteiger partial charge in [0, 0.05) is 29.5 Å². The number of alkyl halides is 1. The van der Waals surface area contributed by atoms with E-state index in [1.54, 1.807) is 25.3 Å². The van der Waals surface area contributed by atoms with Crippen LogP contribution in [0.4, 0.5) is 4.39 Å². The molecule has 4 rings (SSSR count). The minimum Gasteiger partial charge on any atom is -0.497 e. The van der Waals surface area contributed by atoms with E-state index in [0.29, 0.717) is 41.5 Å². The Bertz CT molecular complexity index is 1190. The Balaban J connectivity index is 1.36. The maximum absolute atomic E-state index is 15.7. The maximum Gasteiger partial charge on any atom is 0.249 e. The monoisotopic (exact) mass is 528 g/mol. The average Bonchev–Trinajstić information content (AvgIpc) is 2.94. The molecule has 37 heavy (non-hydrogen) atoms. The Morgan fingerprint density at radius 1 is 1.24 bits per heavy atom. The highest BCUT2D eigenvalue weighted by Gasteiger charge is 2.41. The fourth-order valence-corrected chi connectivity index (χ4v) is 5.56. The molecule has 1 saturated heterocycles. The van der Waals surface area contributed by atoms with Crippen molar-refractivity contribution in [1.29, 1.82) is 0 Å². The average molecular weight is 529 g/mol. The molecule has 1 fully saturated rings. The lowest BCUT2D eigenvalue weighted by molar-refractivity contribution is -0.143. The summed E-state index contributed by atoms with van der Waals surface area (Å²) >= 11 is 6.39. The number of methoxy groups -OCH3 is 1. The van der Waals surface area contributed by atoms with Crippen LogP contribution in [0.15, 0.2) is 48.9 Å². The van der Waals surface area contributed by atoms with Crippen molar-refractivity contribution >= 4 is 28.4 Å². The van der Waals surface area contributed by atoms with E-state index in [4.69, 9.17) is 16.3 Å². The first-order valence-corrected chi connectivity index (χ1v) is 13.2. The zero-order valence-electron chi connectivity index (χ0n) is 21.1. The first kappa shape index (κ1) is 27.2. The summed E-state index contributed by atoms with van der Waals surface area (Å²) in [7, 11) is 1.55. The van der Waals surface area contributed by atoms with E-state index in [0.717, 1.165) is 38.9 Å². The van der Waals surface area contributed by atoms with Gasteiger partial charge in [0.05, 0.1) is 23.1 Å². The van der Waals surface area contributed by atoms with Crippen LogP contribution in [0.1, 0.15) is 55.8 Å². The Morgan fingerprint density at radius 3 is 2.70 bits per heavy atom. The molecule has 9 heteroatoms. The number of halogens is 2. The van der Waals surface area contributed by atoms with Gasteiger partial charge in [-0.25, -0.2) is 9.87 Å². The molecule has 0 aliphatic carbocycles. The number of nitrogens with zero attached hydrogens (tertiary/aromatic N) is 3. The van der Waals surface area contributed by atoms with Crippen molar-refractivity contribution in [2.24, 2.45) is 5.41 Å². The normalized spacial score (nSPS) is 16.4. The molecule has 2 N–H and O–H groups in total. The number of hydrogen-bond donors (Lipinski definition) is 2. The molecule has 3 heterocycles. The van der Waals surface area contributed by atoms with E-state index in [-0.39, 0.29) is 11.4 Å². The first-order valence-electron chi connectivity index (χ1n) is 12.8. The second kappa shape index (κ2) is 12.6. The summed E-state index contributed by atoms with van der Waals surface area (Å²) in [5.41, 5.74) is 3.29. The Morgan fingerprint density at radius 2 is 2.00 bits per heavy atom. The topological polar surface area (TPSA) is 87.6 Å². The minimum atomic E-state index is -1.39. The van der Waals surface area contributed by atoms with Gasteiger partial charge in [0.1, 0.15) is 11.9 Å². The van der Waals surface area contributed by atoms with Crippen molar-refractivity contribution in [3.05, 3.63) is 65.1 Å². The third kappa shape index (κ3) is 6.55. The molecule has 7 nitrogen and oxygen atoms in total. The lowest BCUT2D eigenvalue weighted by Crippen LogP contribution is -2.48. The molecule has 0 unspecified atom stereocenters. The van der Waals surface area contributed by atoms with Gasteiger partial charge in [-0.3, -0.25) is 20.0 Å². The largest absolute Gasteiger partial charge is 0.497 e. The molecule has 0 bridgehead atoms. The molecule has 198 valence electrons. The van der Waals surface area contributed by atoms with Gasteiger partial charge in [0.15, 0.2) is 0 Å². The Hall–Kier alpha value is -2.81. The highest BCUT2D eigenvalue weighted by Crippen LogP contribution is 2.42. The number of piperidine rings is 1. The number of fused-ring (bicyclic) bond motifs is 1. The van der Waals surface area contributed by atoms with Crippen LogP contribution in [0.3, 0.4) is 0 Å². The molecule has 0 radical (unpaired) electrons. The number of aryl methyl sites for hydroxylation is 1. The van der Waals surface area contributed by atoms with Crippen molar-refractivity contribution in [1.82, 2.24) is 20.3 Å². The summed E-state index contributed by atoms with van der Waals surface area (Å²) in [5, 5.41) is 10.3. The van der Waals surface area contributed by atoms with Crippen LogP contribution >= 0.6 is 11.6 Å². The van der Waals surface area contributed by atoms with Crippen molar-refractivity contribution < 1.29 is 19.1 Å². The molecule has 2 aromatic heterocycles. The third-order valence-corrected chi connectivity index (χ3v) is 7.89. The van der Waals surface area contributed by atoms with E-state index in [9.17, 15) is 10.0 Å². The quantitative estimate of drug-likeness (QED) is 0.189. The van der Waals surface area contributed by atoms with Crippen LogP contribution < -0.4 is 10.2 Å². The fourth-order valence-electron chi connectivity index (χ4n) is 5.29. The van der Waals surface area contributed by atoms with Crippen molar-refractivity contribution in [3.8, 4) is 5.75 Å². The smallest absolute Gasteiger partial charge is 0.249 e. The van der Waals surface area contributed by atoms with E-state index >= 15 is 4.39 Å². The van der Waals surface area contributed by atoms with Gasteiger partial charge >= 0.3 is 0 Å². The Labute approximate surface area is 222 Å². The Kier molecular flexibility index (Phi) is 9.29. The maximum atomic E-state index is 15.7. The summed E-state index contributed by atoms with van der Waals surface area (Å²) in [5.74, 6) is 0.152. The van der Waals surface area contributed by atoms with Crippen LogP contribution in [-0.2, 0) is 11.2 Å². The number of rotatable bonds is 11. The van der Waals surface area contributed by atoms with Gasteiger partial charge < -0.3 is 9.64 Å². The van der Waals surface area contributed by atoms with Gasteiger partial charge in [-0.1, -0.05) is 11.6 Å². The number of carbonyl (C=O) groups excluding carboxylic acids is 1. The minimum absolute atomic E-state index is 0.107. The van der Waals surface area contributed by atoms with Crippen LogP contribution in [0.5, 0.6) is 5.75 Å². The number of nitrogens with one attached hydrogen (secondary N) is 1. The van der Waals surface area contributed by atoms with Crippen molar-refractivity contribution in [2.45, 2.75) is 51.1 Å². The standard InChI is InChI=1S/C28H34ClFN4O3/c1-37-21-5-6-25-22(18-21)26(23(29)19-32-25)24(30)7-10-28(27(35)33-36)11-16-34(17-12-28)15-3-2-4-20-8-13-31-14-9-20/h5-6,8-9,13-14,18-19,24,36H,2-4,7,10-12,15-17H2,1H3,(H,33,35)/t24-/m1/s1. The first-order chi connectivity index (χ1) is 18.0. The second-order valence-corrected chi connectivity index (χ2v) is 10.2. The second-order valence-electron chi connectivity index (χ2n) is 9.78. The molecule has 1 aromatic carbocycles. The molecule has 1 amide bonds. The van der Waals surface area contributed by atoms with Crippen molar-refractivity contribution in [2.75, 3.05) is 26.7 Å². The van der Waals surface area contributed by atoms with Crippen LogP contribution in [0, 0.1) is 5.41 Å². The third-order valence-electron chi connectivity index (χ3n) is 7.59. The van der Waals surface area contributed by atoms with E-state index < -0.39 is 17.5 Å². The molecule has 3 aromatic rings. The number of hydroxylamine groups is 1. The van der Waals surface area contributed by atoms with Gasteiger partial charge in [0.25, 0.3) is 0 Å². The van der Waals surface area contributed by atoms with E-state index in [2.05, 4.69) is 14.9 Å². The number of carbonyl (C=O) groups is 1. The number of amides is 1. The van der Waals surface area contributed by atoms with E-state index in [1.807, 2.05) is 30.0 Å². The van der Waals surface area contributed by atoms with Gasteiger partial charge in [-0.2, -0.15) is 0 Å². The molecular weight excluding hydrogens is 495 g/mol. The van der Waals surface area contributed by atoms with Crippen LogP contribution in [-0.4, -0.2) is 52.7 Å². The number of unbranched alkanes of at least 4 members (excludes halogenated alkanes) is 1. The SMILES string of the molecule is COc1ccc2ncc(Cl)c([C@H](F)CCC3(C(=O)NO)CCN(CCCCc4ccncc4)CC3)c2c1. The summed E-state index contributed by atoms with van der Waals surface area (Å²) in [4.78, 5) is 23.5. The van der Waals surface area contributed by atoms with Crippen LogP contribution in [0.2, 0.25) is 5.02 Å². The zero-order chi connectivity index (χ0) is 26.3. The molecule has 1 aliphatic heterocycles. The summed E-state index contributed by atoms with van der Waals surface area (Å²) in [6.45, 7) is 2.42. The van der Waals surface area contributed by atoms with Gasteiger partial charge in [0.2, 0.25) is 5.91 Å². The number of benzene rings is 1. The number of ether oxygens (including phenoxy) is 1. The number of hydrogen-bond acceptors (Lipinski definition) is 6. The number of aromatic nitrogens is 2. The van der Waals surface area contributed by atoms with Gasteiger partial charge in [-0.15, -0.1) is 0 Å². The van der Waals surface area contributed by atoms with Gasteiger partial charge in [-0.05, 0) is 100 Å². The summed E-state index contributed by atoms with van der Waals surface area (Å²) < 4.78 is 21.0. The zero-order valence-corrected chi connectivity index (χ0v) is 21.9. The molecule has 0 saturated carbocycles. The molecule has 1 atom stereocenters. The highest BCUT2D eigenvalue weighted by atomic mass is 35.5. The molecule has 1 aliphatic rings. The fraction of sp³-hybridized carbons (Fsp3) is 0.464. The number of likely N-dealkylation sites (tertiary alicyclic amines) is 1. The number of pyridine rings is 2.